The minimum atomic E-state index is -3.80. The first kappa shape index (κ1) is 16.6. The van der Waals surface area contributed by atoms with Crippen LogP contribution >= 0.6 is 0 Å². The first-order valence-electron chi connectivity index (χ1n) is 6.44. The van der Waals surface area contributed by atoms with E-state index in [4.69, 9.17) is 10.9 Å². The van der Waals surface area contributed by atoms with Crippen molar-refractivity contribution in [2.75, 3.05) is 11.9 Å². The van der Waals surface area contributed by atoms with Crippen LogP contribution in [-0.2, 0) is 14.8 Å². The third kappa shape index (κ3) is 4.29. The maximum atomic E-state index is 12.0. The van der Waals surface area contributed by atoms with Gasteiger partial charge in [-0.05, 0) is 31.0 Å². The summed E-state index contributed by atoms with van der Waals surface area (Å²) < 4.78 is 22.9. The van der Waals surface area contributed by atoms with Gasteiger partial charge in [0.1, 0.15) is 0 Å². The number of sulfonamides is 1. The molecule has 1 amide bonds. The molecule has 1 rings (SSSR count). The van der Waals surface area contributed by atoms with Gasteiger partial charge in [0.2, 0.25) is 15.9 Å². The number of carbonyl (C=O) groups is 1. The third-order valence-corrected chi connectivity index (χ3v) is 4.11. The molecule has 0 aliphatic heterocycles. The van der Waals surface area contributed by atoms with Gasteiger partial charge in [0.05, 0.1) is 10.8 Å². The number of hydrogen-bond acceptors (Lipinski definition) is 4. The van der Waals surface area contributed by atoms with Gasteiger partial charge in [0, 0.05) is 12.2 Å². The number of benzene rings is 1. The Labute approximate surface area is 119 Å². The molecule has 7 heteroatoms. The molecule has 0 aliphatic carbocycles. The molecular weight excluding hydrogens is 278 g/mol. The molecule has 0 saturated heterocycles. The highest BCUT2D eigenvalue weighted by molar-refractivity contribution is 7.89. The number of anilines is 1. The predicted octanol–water partition coefficient (Wildman–Crippen LogP) is 0.956. The van der Waals surface area contributed by atoms with Gasteiger partial charge in [0.25, 0.3) is 0 Å². The largest absolute Gasteiger partial charge is 0.330 e. The van der Waals surface area contributed by atoms with Crippen molar-refractivity contribution in [2.45, 2.75) is 31.6 Å². The van der Waals surface area contributed by atoms with E-state index in [9.17, 15) is 13.2 Å². The summed E-state index contributed by atoms with van der Waals surface area (Å²) in [5, 5.41) is 7.81. The zero-order chi connectivity index (χ0) is 15.3. The van der Waals surface area contributed by atoms with Gasteiger partial charge in [-0.1, -0.05) is 19.4 Å². The van der Waals surface area contributed by atoms with Crippen LogP contribution in [-0.4, -0.2) is 20.9 Å². The smallest absolute Gasteiger partial charge is 0.238 e. The summed E-state index contributed by atoms with van der Waals surface area (Å²) in [5.41, 5.74) is 6.50. The lowest BCUT2D eigenvalue weighted by molar-refractivity contribution is -0.119. The first-order chi connectivity index (χ1) is 9.29. The van der Waals surface area contributed by atoms with E-state index in [1.807, 2.05) is 6.92 Å². The standard InChI is InChI=1S/C13H21N3O3S/c1-3-4-10(8-14)13(17)16-11-6-5-9(2)12(7-11)20(15,18)19/h5-7,10H,3-4,8,14H2,1-2H3,(H,16,17)(H2,15,18,19). The molecule has 0 saturated carbocycles. The fraction of sp³-hybridized carbons (Fsp3) is 0.462. The Morgan fingerprint density at radius 1 is 1.40 bits per heavy atom. The van der Waals surface area contributed by atoms with Gasteiger partial charge < -0.3 is 11.1 Å². The summed E-state index contributed by atoms with van der Waals surface area (Å²) in [6.45, 7) is 3.87. The molecular formula is C13H21N3O3S. The number of nitrogens with two attached hydrogens (primary N) is 2. The Hall–Kier alpha value is -1.44. The van der Waals surface area contributed by atoms with E-state index in [0.29, 0.717) is 17.7 Å². The highest BCUT2D eigenvalue weighted by Gasteiger charge is 2.17. The van der Waals surface area contributed by atoms with E-state index >= 15 is 0 Å². The second kappa shape index (κ2) is 6.83. The van der Waals surface area contributed by atoms with E-state index in [-0.39, 0.29) is 23.3 Å². The van der Waals surface area contributed by atoms with Crippen molar-refractivity contribution in [3.05, 3.63) is 23.8 Å². The van der Waals surface area contributed by atoms with Crippen LogP contribution in [0.5, 0.6) is 0 Å². The molecule has 0 radical (unpaired) electrons. The average Bonchev–Trinajstić information content (AvgIpc) is 2.36. The molecule has 0 spiro atoms. The van der Waals surface area contributed by atoms with Gasteiger partial charge in [-0.3, -0.25) is 4.79 Å². The van der Waals surface area contributed by atoms with Crippen molar-refractivity contribution in [1.29, 1.82) is 0 Å². The summed E-state index contributed by atoms with van der Waals surface area (Å²) >= 11 is 0. The van der Waals surface area contributed by atoms with E-state index in [1.165, 1.54) is 6.07 Å². The van der Waals surface area contributed by atoms with Crippen molar-refractivity contribution in [3.63, 3.8) is 0 Å². The zero-order valence-electron chi connectivity index (χ0n) is 11.7. The Morgan fingerprint density at radius 3 is 2.55 bits per heavy atom. The number of amides is 1. The minimum absolute atomic E-state index is 0.00934. The zero-order valence-corrected chi connectivity index (χ0v) is 12.5. The van der Waals surface area contributed by atoms with E-state index in [0.717, 1.165) is 6.42 Å². The summed E-state index contributed by atoms with van der Waals surface area (Å²) in [6, 6.07) is 4.61. The molecule has 1 aromatic carbocycles. The summed E-state index contributed by atoms with van der Waals surface area (Å²) in [6.07, 6.45) is 1.54. The van der Waals surface area contributed by atoms with Crippen molar-refractivity contribution in [3.8, 4) is 0 Å². The Kier molecular flexibility index (Phi) is 5.67. The van der Waals surface area contributed by atoms with E-state index < -0.39 is 10.0 Å². The molecule has 0 bridgehead atoms. The van der Waals surface area contributed by atoms with Gasteiger partial charge in [-0.15, -0.1) is 0 Å². The summed E-state index contributed by atoms with van der Waals surface area (Å²) in [4.78, 5) is 12.0. The molecule has 20 heavy (non-hydrogen) atoms. The molecule has 0 heterocycles. The molecule has 1 aromatic rings. The van der Waals surface area contributed by atoms with E-state index in [2.05, 4.69) is 5.32 Å². The highest BCUT2D eigenvalue weighted by atomic mass is 32.2. The van der Waals surface area contributed by atoms with Crippen molar-refractivity contribution in [2.24, 2.45) is 16.8 Å². The average molecular weight is 299 g/mol. The summed E-state index contributed by atoms with van der Waals surface area (Å²) in [7, 11) is -3.80. The first-order valence-corrected chi connectivity index (χ1v) is 7.98. The Morgan fingerprint density at radius 2 is 2.05 bits per heavy atom. The van der Waals surface area contributed by atoms with E-state index in [1.54, 1.807) is 19.1 Å². The molecule has 1 unspecified atom stereocenters. The number of carbonyl (C=O) groups excluding carboxylic acids is 1. The van der Waals surface area contributed by atoms with Crippen molar-refractivity contribution >= 4 is 21.6 Å². The topological polar surface area (TPSA) is 115 Å². The molecule has 5 N–H and O–H groups in total. The molecule has 0 fully saturated rings. The van der Waals surface area contributed by atoms with Crippen molar-refractivity contribution < 1.29 is 13.2 Å². The summed E-state index contributed by atoms with van der Waals surface area (Å²) in [5.74, 6) is -0.488. The van der Waals surface area contributed by atoms with Gasteiger partial charge >= 0.3 is 0 Å². The Balaban J connectivity index is 2.97. The monoisotopic (exact) mass is 299 g/mol. The maximum absolute atomic E-state index is 12.0. The van der Waals surface area contributed by atoms with Gasteiger partial charge in [-0.2, -0.15) is 0 Å². The number of aryl methyl sites for hydroxylation is 1. The predicted molar refractivity (Wildman–Crippen MR) is 78.6 cm³/mol. The molecule has 0 aliphatic rings. The number of nitrogens with one attached hydrogen (secondary N) is 1. The number of hydrogen-bond donors (Lipinski definition) is 3. The number of primary sulfonamides is 1. The molecule has 1 atom stereocenters. The maximum Gasteiger partial charge on any atom is 0.238 e. The lowest BCUT2D eigenvalue weighted by Crippen LogP contribution is -2.29. The molecule has 6 nitrogen and oxygen atoms in total. The SMILES string of the molecule is CCCC(CN)C(=O)Nc1ccc(C)c(S(N)(=O)=O)c1. The van der Waals surface area contributed by atoms with Crippen LogP contribution < -0.4 is 16.2 Å². The lowest BCUT2D eigenvalue weighted by Gasteiger charge is -2.14. The van der Waals surface area contributed by atoms with Crippen LogP contribution in [0.2, 0.25) is 0 Å². The second-order valence-electron chi connectivity index (χ2n) is 4.74. The fourth-order valence-electron chi connectivity index (χ4n) is 1.93. The van der Waals surface area contributed by atoms with Gasteiger partial charge in [-0.25, -0.2) is 13.6 Å². The quantitative estimate of drug-likeness (QED) is 0.725. The highest BCUT2D eigenvalue weighted by Crippen LogP contribution is 2.20. The fourth-order valence-corrected chi connectivity index (χ4v) is 2.74. The van der Waals surface area contributed by atoms with Crippen LogP contribution in [0.15, 0.2) is 23.1 Å². The van der Waals surface area contributed by atoms with Crippen LogP contribution in [0.4, 0.5) is 5.69 Å². The second-order valence-corrected chi connectivity index (χ2v) is 6.27. The third-order valence-electron chi connectivity index (χ3n) is 3.05. The van der Waals surface area contributed by atoms with Crippen LogP contribution in [0, 0.1) is 12.8 Å². The van der Waals surface area contributed by atoms with Crippen LogP contribution in [0.3, 0.4) is 0 Å². The lowest BCUT2D eigenvalue weighted by atomic mass is 10.0. The Bertz CT molecular complexity index is 585. The normalized spacial score (nSPS) is 13.0. The minimum Gasteiger partial charge on any atom is -0.330 e. The molecule has 112 valence electrons. The van der Waals surface area contributed by atoms with Crippen LogP contribution in [0.1, 0.15) is 25.3 Å². The van der Waals surface area contributed by atoms with Gasteiger partial charge in [0.15, 0.2) is 0 Å². The molecule has 0 aromatic heterocycles. The van der Waals surface area contributed by atoms with Crippen molar-refractivity contribution in [1.82, 2.24) is 0 Å². The number of rotatable bonds is 6. The van der Waals surface area contributed by atoms with Crippen LogP contribution in [0.25, 0.3) is 0 Å².